The van der Waals surface area contributed by atoms with Crippen LogP contribution in [0.2, 0.25) is 0 Å². The fourth-order valence-electron chi connectivity index (χ4n) is 0.870. The normalized spacial score (nSPS) is 11.9. The van der Waals surface area contributed by atoms with Gasteiger partial charge in [0.15, 0.2) is 6.54 Å². The second kappa shape index (κ2) is 7.39. The number of hydrogen-bond donors (Lipinski definition) is 1. The SMILES string of the molecule is CCN(CC(=O)O)/[N+]([O-])=N/OCOC(=O)C(C)(C)C. The molecule has 0 aliphatic rings. The van der Waals surface area contributed by atoms with Crippen LogP contribution >= 0.6 is 0 Å². The first kappa shape index (κ1) is 16.9. The lowest BCUT2D eigenvalue weighted by Gasteiger charge is -2.15. The van der Waals surface area contributed by atoms with E-state index in [4.69, 9.17) is 9.84 Å². The van der Waals surface area contributed by atoms with E-state index in [2.05, 4.69) is 10.1 Å². The Morgan fingerprint density at radius 3 is 2.42 bits per heavy atom. The van der Waals surface area contributed by atoms with Gasteiger partial charge in [-0.15, -0.1) is 5.01 Å². The molecule has 110 valence electrons. The van der Waals surface area contributed by atoms with Crippen molar-refractivity contribution in [2.45, 2.75) is 27.7 Å². The summed E-state index contributed by atoms with van der Waals surface area (Å²) in [6.07, 6.45) is 0. The van der Waals surface area contributed by atoms with Crippen molar-refractivity contribution in [3.05, 3.63) is 5.21 Å². The molecule has 0 rings (SSSR count). The van der Waals surface area contributed by atoms with E-state index in [9.17, 15) is 14.8 Å². The van der Waals surface area contributed by atoms with Gasteiger partial charge in [-0.2, -0.15) is 0 Å². The summed E-state index contributed by atoms with van der Waals surface area (Å²) in [4.78, 5) is 26.3. The summed E-state index contributed by atoms with van der Waals surface area (Å²) in [7, 11) is 0. The van der Waals surface area contributed by atoms with Crippen LogP contribution < -0.4 is 0 Å². The largest absolute Gasteiger partial charge is 0.569 e. The summed E-state index contributed by atoms with van der Waals surface area (Å²) in [6, 6.07) is 0. The predicted molar refractivity (Wildman–Crippen MR) is 62.4 cm³/mol. The van der Waals surface area contributed by atoms with E-state index in [0.717, 1.165) is 5.01 Å². The molecule has 0 aromatic rings. The highest BCUT2D eigenvalue weighted by Gasteiger charge is 2.23. The Bertz CT molecular complexity index is 350. The van der Waals surface area contributed by atoms with Crippen molar-refractivity contribution in [3.63, 3.8) is 0 Å². The smallest absolute Gasteiger partial charge is 0.329 e. The maximum absolute atomic E-state index is 11.3. The van der Waals surface area contributed by atoms with Crippen molar-refractivity contribution >= 4 is 11.9 Å². The molecule has 0 atom stereocenters. The molecule has 0 radical (unpaired) electrons. The van der Waals surface area contributed by atoms with Crippen LogP contribution in [-0.4, -0.2) is 46.9 Å². The van der Waals surface area contributed by atoms with E-state index in [1.54, 1.807) is 27.7 Å². The molecule has 0 aromatic heterocycles. The van der Waals surface area contributed by atoms with Gasteiger partial charge in [0, 0.05) is 0 Å². The van der Waals surface area contributed by atoms with Gasteiger partial charge in [-0.3, -0.25) is 9.59 Å². The summed E-state index contributed by atoms with van der Waals surface area (Å²) in [5.74, 6) is -1.67. The minimum Gasteiger partial charge on any atom is -0.569 e. The molecule has 0 unspecified atom stereocenters. The highest BCUT2D eigenvalue weighted by atomic mass is 16.8. The van der Waals surface area contributed by atoms with E-state index in [1.807, 2.05) is 0 Å². The van der Waals surface area contributed by atoms with Crippen molar-refractivity contribution < 1.29 is 29.2 Å². The number of carboxylic acids is 1. The fourth-order valence-corrected chi connectivity index (χ4v) is 0.870. The number of likely N-dealkylation sites (N-methyl/N-ethyl adjacent to an activating group) is 1. The van der Waals surface area contributed by atoms with Crippen LogP contribution in [0.25, 0.3) is 0 Å². The Balaban J connectivity index is 4.18. The molecule has 0 fully saturated rings. The van der Waals surface area contributed by atoms with Gasteiger partial charge in [-0.05, 0) is 27.7 Å². The van der Waals surface area contributed by atoms with Gasteiger partial charge in [0.05, 0.1) is 16.9 Å². The molecule has 0 bridgehead atoms. The second-order valence-corrected chi connectivity index (χ2v) is 4.64. The molecule has 9 nitrogen and oxygen atoms in total. The lowest BCUT2D eigenvalue weighted by Crippen LogP contribution is -2.35. The Kier molecular flexibility index (Phi) is 6.59. The first-order valence-electron chi connectivity index (χ1n) is 5.62. The number of esters is 1. The number of carbonyl (C=O) groups excluding carboxylic acids is 1. The Hall–Kier alpha value is -2.06. The van der Waals surface area contributed by atoms with Crippen LogP contribution in [0.1, 0.15) is 27.7 Å². The van der Waals surface area contributed by atoms with Crippen LogP contribution in [0.5, 0.6) is 0 Å². The molecule has 0 aromatic carbocycles. The fraction of sp³-hybridized carbons (Fsp3) is 0.800. The number of aliphatic carboxylic acids is 1. The third kappa shape index (κ3) is 7.06. The second-order valence-electron chi connectivity index (χ2n) is 4.64. The monoisotopic (exact) mass is 277 g/mol. The highest BCUT2D eigenvalue weighted by Crippen LogP contribution is 2.14. The first-order valence-corrected chi connectivity index (χ1v) is 5.62. The molecule has 0 saturated carbocycles. The topological polar surface area (TPSA) is 114 Å². The van der Waals surface area contributed by atoms with E-state index in [-0.39, 0.29) is 11.5 Å². The number of hydrazine groups is 1. The van der Waals surface area contributed by atoms with Gasteiger partial charge in [0.2, 0.25) is 5.28 Å². The van der Waals surface area contributed by atoms with Gasteiger partial charge in [0.25, 0.3) is 6.79 Å². The van der Waals surface area contributed by atoms with Gasteiger partial charge in [-0.1, -0.05) is 0 Å². The van der Waals surface area contributed by atoms with E-state index in [0.29, 0.717) is 0 Å². The standard InChI is InChI=1S/C10H19N3O6/c1-5-12(6-8(14)15)13(17)11-19-7-18-9(16)10(2,3)4/h5-7H2,1-4H3,(H,14,15)/b13-11-. The van der Waals surface area contributed by atoms with E-state index >= 15 is 0 Å². The van der Waals surface area contributed by atoms with Crippen LogP contribution in [0.3, 0.4) is 0 Å². The number of hydrogen-bond acceptors (Lipinski definition) is 6. The molecule has 9 heteroatoms. The summed E-state index contributed by atoms with van der Waals surface area (Å²) in [5.41, 5.74) is -0.681. The quantitative estimate of drug-likeness (QED) is 0.182. The third-order valence-corrected chi connectivity index (χ3v) is 1.91. The molecule has 0 spiro atoms. The molecule has 0 aliphatic heterocycles. The molecule has 0 amide bonds. The maximum Gasteiger partial charge on any atom is 0.329 e. The van der Waals surface area contributed by atoms with Crippen LogP contribution in [0.4, 0.5) is 0 Å². The van der Waals surface area contributed by atoms with Crippen molar-refractivity contribution in [3.8, 4) is 0 Å². The molecule has 0 saturated heterocycles. The minimum absolute atomic E-state index is 0.000948. The third-order valence-electron chi connectivity index (χ3n) is 1.91. The summed E-state index contributed by atoms with van der Waals surface area (Å²) < 4.78 is 4.70. The zero-order chi connectivity index (χ0) is 15.1. The summed E-state index contributed by atoms with van der Waals surface area (Å²) in [6.45, 7) is 5.70. The van der Waals surface area contributed by atoms with Crippen LogP contribution in [0.15, 0.2) is 5.28 Å². The molecule has 1 N–H and O–H groups in total. The lowest BCUT2D eigenvalue weighted by molar-refractivity contribution is -0.709. The zero-order valence-electron chi connectivity index (χ0n) is 11.5. The molecule has 0 heterocycles. The van der Waals surface area contributed by atoms with Crippen LogP contribution in [-0.2, 0) is 19.2 Å². The highest BCUT2D eigenvalue weighted by molar-refractivity contribution is 5.75. The molecular weight excluding hydrogens is 258 g/mol. The van der Waals surface area contributed by atoms with Crippen LogP contribution in [0, 0.1) is 10.6 Å². The molecule has 0 aliphatic carbocycles. The number of ether oxygens (including phenoxy) is 1. The summed E-state index contributed by atoms with van der Waals surface area (Å²) >= 11 is 0. The summed E-state index contributed by atoms with van der Waals surface area (Å²) in [5, 5.41) is 23.8. The lowest BCUT2D eigenvalue weighted by atomic mass is 9.98. The molecule has 19 heavy (non-hydrogen) atoms. The average molecular weight is 277 g/mol. The van der Waals surface area contributed by atoms with Crippen molar-refractivity contribution in [1.82, 2.24) is 5.01 Å². The van der Waals surface area contributed by atoms with Gasteiger partial charge >= 0.3 is 11.9 Å². The Morgan fingerprint density at radius 2 is 2.00 bits per heavy atom. The van der Waals surface area contributed by atoms with Crippen molar-refractivity contribution in [2.75, 3.05) is 19.9 Å². The van der Waals surface area contributed by atoms with Crippen molar-refractivity contribution in [1.29, 1.82) is 0 Å². The zero-order valence-corrected chi connectivity index (χ0v) is 11.5. The maximum atomic E-state index is 11.3. The average Bonchev–Trinajstić information content (AvgIpc) is 2.29. The molecular formula is C10H19N3O6. The number of carbonyl (C=O) groups is 2. The number of nitrogens with zero attached hydrogens (tertiary/aromatic N) is 3. The Morgan fingerprint density at radius 1 is 1.42 bits per heavy atom. The van der Waals surface area contributed by atoms with Gasteiger partial charge in [-0.25, -0.2) is 0 Å². The Labute approximate surface area is 110 Å². The predicted octanol–water partition coefficient (Wildman–Crippen LogP) is 0.749. The van der Waals surface area contributed by atoms with E-state index in [1.165, 1.54) is 0 Å². The number of rotatable bonds is 7. The number of carboxylic acid groups (broad SMARTS) is 1. The van der Waals surface area contributed by atoms with Gasteiger partial charge in [0.1, 0.15) is 0 Å². The van der Waals surface area contributed by atoms with Gasteiger partial charge < -0.3 is 19.9 Å². The van der Waals surface area contributed by atoms with E-state index < -0.39 is 30.7 Å². The van der Waals surface area contributed by atoms with Crippen molar-refractivity contribution in [2.24, 2.45) is 10.7 Å². The minimum atomic E-state index is -1.17. The first-order chi connectivity index (χ1) is 8.68.